The molecule has 3 nitrogen and oxygen atoms in total. The number of ether oxygens (including phenoxy) is 2. The number of rotatable bonds is 4. The first-order valence-electron chi connectivity index (χ1n) is 5.38. The van der Waals surface area contributed by atoms with Crippen LogP contribution in [0.25, 0.3) is 0 Å². The molecule has 2 rings (SSSR count). The van der Waals surface area contributed by atoms with Crippen LogP contribution < -0.4 is 10.5 Å². The first-order valence-corrected chi connectivity index (χ1v) is 6.18. The lowest BCUT2D eigenvalue weighted by atomic mass is 9.90. The monoisotopic (exact) mass is 285 g/mol. The van der Waals surface area contributed by atoms with E-state index in [1.165, 1.54) is 0 Å². The molecule has 0 bridgehead atoms. The Kier molecular flexibility index (Phi) is 3.84. The molecule has 0 saturated heterocycles. The molecule has 1 fully saturated rings. The molecule has 1 aliphatic carbocycles. The van der Waals surface area contributed by atoms with Crippen molar-refractivity contribution in [3.8, 4) is 5.75 Å². The van der Waals surface area contributed by atoms with E-state index in [1.54, 1.807) is 7.11 Å². The van der Waals surface area contributed by atoms with Gasteiger partial charge in [0.1, 0.15) is 5.75 Å². The number of hydrogen-bond acceptors (Lipinski definition) is 3. The first-order chi connectivity index (χ1) is 7.69. The average Bonchev–Trinajstić information content (AvgIpc) is 2.23. The Hall–Kier alpha value is -0.580. The summed E-state index contributed by atoms with van der Waals surface area (Å²) < 4.78 is 12.1. The molecule has 1 saturated carbocycles. The summed E-state index contributed by atoms with van der Waals surface area (Å²) in [5.41, 5.74) is 6.77. The lowest BCUT2D eigenvalue weighted by molar-refractivity contribution is -0.0194. The van der Waals surface area contributed by atoms with Gasteiger partial charge in [-0.15, -0.1) is 0 Å². The van der Waals surface area contributed by atoms with Crippen LogP contribution in [0.5, 0.6) is 5.75 Å². The van der Waals surface area contributed by atoms with E-state index < -0.39 is 0 Å². The molecule has 1 aromatic carbocycles. The van der Waals surface area contributed by atoms with Gasteiger partial charge in [-0.2, -0.15) is 0 Å². The summed E-state index contributed by atoms with van der Waals surface area (Å²) in [5, 5.41) is 0. The third-order valence-corrected chi connectivity index (χ3v) is 3.34. The third kappa shape index (κ3) is 2.75. The minimum absolute atomic E-state index is 0.318. The topological polar surface area (TPSA) is 44.5 Å². The van der Waals surface area contributed by atoms with Crippen LogP contribution >= 0.6 is 15.9 Å². The summed E-state index contributed by atoms with van der Waals surface area (Å²) in [6.45, 7) is 0.583. The van der Waals surface area contributed by atoms with Crippen LogP contribution in [0.1, 0.15) is 18.4 Å². The molecule has 0 amide bonds. The maximum Gasteiger partial charge on any atom is 0.124 e. The van der Waals surface area contributed by atoms with Gasteiger partial charge >= 0.3 is 0 Å². The highest BCUT2D eigenvalue weighted by Crippen LogP contribution is 2.27. The molecule has 2 N–H and O–H groups in total. The molecule has 0 unspecified atom stereocenters. The second-order valence-corrected chi connectivity index (χ2v) is 5.04. The summed E-state index contributed by atoms with van der Waals surface area (Å²) in [5.74, 6) is 0.867. The molecule has 0 heterocycles. The Bertz CT molecular complexity index is 364. The molecular formula is C12H16BrNO2. The normalized spacial score (nSPS) is 23.9. The fraction of sp³-hybridized carbons (Fsp3) is 0.500. The summed E-state index contributed by atoms with van der Waals surface area (Å²) in [6, 6.07) is 6.25. The highest BCUT2D eigenvalue weighted by molar-refractivity contribution is 9.10. The first kappa shape index (κ1) is 11.9. The molecule has 0 atom stereocenters. The van der Waals surface area contributed by atoms with Crippen LogP contribution in [0.2, 0.25) is 0 Å². The Balaban J connectivity index is 1.94. The van der Waals surface area contributed by atoms with Gasteiger partial charge in [-0.1, -0.05) is 15.9 Å². The zero-order valence-electron chi connectivity index (χ0n) is 9.28. The van der Waals surface area contributed by atoms with E-state index in [0.29, 0.717) is 18.8 Å². The van der Waals surface area contributed by atoms with E-state index in [0.717, 1.165) is 28.6 Å². The van der Waals surface area contributed by atoms with Crippen molar-refractivity contribution in [1.29, 1.82) is 0 Å². The van der Waals surface area contributed by atoms with E-state index in [4.69, 9.17) is 15.2 Å². The second kappa shape index (κ2) is 5.17. The number of halogens is 1. The summed E-state index contributed by atoms with van der Waals surface area (Å²) in [6.07, 6.45) is 2.26. The maximum absolute atomic E-state index is 5.75. The second-order valence-electron chi connectivity index (χ2n) is 4.12. The van der Waals surface area contributed by atoms with Crippen LogP contribution in [-0.2, 0) is 11.3 Å². The van der Waals surface area contributed by atoms with Crippen LogP contribution in [0.4, 0.5) is 0 Å². The lowest BCUT2D eigenvalue weighted by Crippen LogP contribution is -2.41. The Labute approximate surface area is 104 Å². The van der Waals surface area contributed by atoms with E-state index in [1.807, 2.05) is 18.2 Å². The van der Waals surface area contributed by atoms with Crippen LogP contribution in [-0.4, -0.2) is 19.3 Å². The highest BCUT2D eigenvalue weighted by Gasteiger charge is 2.26. The van der Waals surface area contributed by atoms with Gasteiger partial charge in [0.25, 0.3) is 0 Å². The van der Waals surface area contributed by atoms with Gasteiger partial charge in [-0.05, 0) is 31.0 Å². The minimum Gasteiger partial charge on any atom is -0.496 e. The van der Waals surface area contributed by atoms with Crippen LogP contribution in [0, 0.1) is 0 Å². The predicted octanol–water partition coefficient (Wildman–Crippen LogP) is 2.46. The molecule has 0 aliphatic heterocycles. The quantitative estimate of drug-likeness (QED) is 0.924. The van der Waals surface area contributed by atoms with Gasteiger partial charge in [0.05, 0.1) is 19.8 Å². The number of benzene rings is 1. The Morgan fingerprint density at radius 1 is 1.44 bits per heavy atom. The lowest BCUT2D eigenvalue weighted by Gasteiger charge is -2.32. The smallest absolute Gasteiger partial charge is 0.124 e. The van der Waals surface area contributed by atoms with Gasteiger partial charge < -0.3 is 15.2 Å². The van der Waals surface area contributed by atoms with Gasteiger partial charge in [0.2, 0.25) is 0 Å². The molecule has 0 aromatic heterocycles. The molecule has 4 heteroatoms. The van der Waals surface area contributed by atoms with Crippen molar-refractivity contribution in [2.45, 2.75) is 31.6 Å². The van der Waals surface area contributed by atoms with Crippen LogP contribution in [0.3, 0.4) is 0 Å². The standard InChI is InChI=1S/C12H16BrNO2/c1-15-12-3-2-9(13)4-8(12)7-16-11-5-10(14)6-11/h2-4,10-11H,5-7,14H2,1H3. The van der Waals surface area contributed by atoms with Crippen molar-refractivity contribution in [2.24, 2.45) is 5.73 Å². The van der Waals surface area contributed by atoms with Gasteiger partial charge in [-0.25, -0.2) is 0 Å². The molecule has 1 aromatic rings. The summed E-state index contributed by atoms with van der Waals surface area (Å²) in [7, 11) is 1.67. The fourth-order valence-electron chi connectivity index (χ4n) is 1.81. The molecule has 0 radical (unpaired) electrons. The largest absolute Gasteiger partial charge is 0.496 e. The van der Waals surface area contributed by atoms with E-state index in [-0.39, 0.29) is 0 Å². The molecule has 1 aliphatic rings. The van der Waals surface area contributed by atoms with Crippen molar-refractivity contribution in [1.82, 2.24) is 0 Å². The predicted molar refractivity (Wildman–Crippen MR) is 66.5 cm³/mol. The minimum atomic E-state index is 0.318. The summed E-state index contributed by atoms with van der Waals surface area (Å²) in [4.78, 5) is 0. The molecular weight excluding hydrogens is 270 g/mol. The highest BCUT2D eigenvalue weighted by atomic mass is 79.9. The molecule has 16 heavy (non-hydrogen) atoms. The zero-order chi connectivity index (χ0) is 11.5. The van der Waals surface area contributed by atoms with Crippen LogP contribution in [0.15, 0.2) is 22.7 Å². The van der Waals surface area contributed by atoms with E-state index in [9.17, 15) is 0 Å². The average molecular weight is 286 g/mol. The van der Waals surface area contributed by atoms with Gasteiger partial charge in [-0.3, -0.25) is 0 Å². The number of hydrogen-bond donors (Lipinski definition) is 1. The van der Waals surface area contributed by atoms with Crippen molar-refractivity contribution >= 4 is 15.9 Å². The SMILES string of the molecule is COc1ccc(Br)cc1COC1CC(N)C1. The zero-order valence-corrected chi connectivity index (χ0v) is 10.9. The summed E-state index contributed by atoms with van der Waals surface area (Å²) >= 11 is 3.44. The van der Waals surface area contributed by atoms with Gasteiger partial charge in [0, 0.05) is 16.1 Å². The van der Waals surface area contributed by atoms with Crippen molar-refractivity contribution < 1.29 is 9.47 Å². The molecule has 88 valence electrons. The fourth-order valence-corrected chi connectivity index (χ4v) is 2.22. The van der Waals surface area contributed by atoms with Crippen molar-refractivity contribution in [2.75, 3.05) is 7.11 Å². The Morgan fingerprint density at radius 2 is 2.19 bits per heavy atom. The van der Waals surface area contributed by atoms with E-state index in [2.05, 4.69) is 15.9 Å². The Morgan fingerprint density at radius 3 is 2.81 bits per heavy atom. The third-order valence-electron chi connectivity index (χ3n) is 2.85. The number of methoxy groups -OCH3 is 1. The number of nitrogens with two attached hydrogens (primary N) is 1. The van der Waals surface area contributed by atoms with Crippen molar-refractivity contribution in [3.63, 3.8) is 0 Å². The van der Waals surface area contributed by atoms with E-state index >= 15 is 0 Å². The van der Waals surface area contributed by atoms with Gasteiger partial charge in [0.15, 0.2) is 0 Å². The maximum atomic E-state index is 5.75. The molecule has 0 spiro atoms. The van der Waals surface area contributed by atoms with Crippen molar-refractivity contribution in [3.05, 3.63) is 28.2 Å².